The second kappa shape index (κ2) is 8.05. The van der Waals surface area contributed by atoms with Crippen molar-refractivity contribution < 1.29 is 26.7 Å². The number of hydrogen-bond donors (Lipinski definition) is 0. The molecule has 0 radical (unpaired) electrons. The second-order valence-corrected chi connectivity index (χ2v) is 6.50. The number of ether oxygens (including phenoxy) is 1. The summed E-state index contributed by atoms with van der Waals surface area (Å²) in [5, 5.41) is 0. The van der Waals surface area contributed by atoms with E-state index in [1.807, 2.05) is 6.08 Å². The highest BCUT2D eigenvalue weighted by molar-refractivity contribution is 5.50. The van der Waals surface area contributed by atoms with Crippen LogP contribution in [0.2, 0.25) is 0 Å². The first-order chi connectivity index (χ1) is 13.3. The van der Waals surface area contributed by atoms with E-state index in [4.69, 9.17) is 0 Å². The highest BCUT2D eigenvalue weighted by atomic mass is 19.4. The first-order valence-corrected chi connectivity index (χ1v) is 8.82. The molecule has 0 unspecified atom stereocenters. The van der Waals surface area contributed by atoms with Crippen LogP contribution < -0.4 is 4.74 Å². The lowest BCUT2D eigenvalue weighted by atomic mass is 9.88. The molecule has 0 bridgehead atoms. The fourth-order valence-corrected chi connectivity index (χ4v) is 3.15. The zero-order chi connectivity index (χ0) is 20.3. The van der Waals surface area contributed by atoms with Crippen molar-refractivity contribution in [3.8, 4) is 17.6 Å². The Bertz CT molecular complexity index is 960. The predicted octanol–water partition coefficient (Wildman–Crippen LogP) is 6.09. The van der Waals surface area contributed by atoms with Gasteiger partial charge < -0.3 is 4.74 Å². The van der Waals surface area contributed by atoms with Gasteiger partial charge in [0.15, 0.2) is 0 Å². The number of allylic oxidation sites excluding steroid dienone is 2. The Hall–Kier alpha value is -2.81. The topological polar surface area (TPSA) is 9.23 Å². The Morgan fingerprint density at radius 3 is 2.43 bits per heavy atom. The predicted molar refractivity (Wildman–Crippen MR) is 95.9 cm³/mol. The van der Waals surface area contributed by atoms with Crippen LogP contribution in [0.4, 0.5) is 22.0 Å². The van der Waals surface area contributed by atoms with Crippen LogP contribution in [0.25, 0.3) is 0 Å². The van der Waals surface area contributed by atoms with E-state index in [-0.39, 0.29) is 11.3 Å². The van der Waals surface area contributed by atoms with Gasteiger partial charge in [0.2, 0.25) is 0 Å². The number of alkyl halides is 3. The monoisotopic (exact) mass is 392 g/mol. The molecule has 0 spiro atoms. The summed E-state index contributed by atoms with van der Waals surface area (Å²) in [6.07, 6.45) is -0.00146. The van der Waals surface area contributed by atoms with Crippen LogP contribution in [0.1, 0.15) is 42.0 Å². The standard InChI is InChI=1S/C22H17F5O/c1-2-3-15-7-10-18-16(12-15)13-20(23)19(21(18)24)11-6-14-4-8-17(9-5-14)28-22(25,26)27/h4-5,7-9,13H,2-3,10,12H2,1H3. The summed E-state index contributed by atoms with van der Waals surface area (Å²) in [6.45, 7) is 2.05. The molecule has 0 aromatic heterocycles. The van der Waals surface area contributed by atoms with Crippen LogP contribution in [0, 0.1) is 23.5 Å². The van der Waals surface area contributed by atoms with E-state index < -0.39 is 18.0 Å². The fourth-order valence-electron chi connectivity index (χ4n) is 3.15. The van der Waals surface area contributed by atoms with Crippen LogP contribution in [0.15, 0.2) is 42.0 Å². The van der Waals surface area contributed by atoms with Gasteiger partial charge in [0.1, 0.15) is 17.4 Å². The summed E-state index contributed by atoms with van der Waals surface area (Å²) < 4.78 is 69.4. The molecular formula is C22H17F5O. The maximum atomic E-state index is 14.8. The smallest absolute Gasteiger partial charge is 0.406 e. The van der Waals surface area contributed by atoms with Crippen molar-refractivity contribution in [3.05, 3.63) is 75.9 Å². The van der Waals surface area contributed by atoms with Gasteiger partial charge in [0.25, 0.3) is 0 Å². The van der Waals surface area contributed by atoms with Gasteiger partial charge in [-0.15, -0.1) is 13.2 Å². The van der Waals surface area contributed by atoms with Crippen molar-refractivity contribution in [2.75, 3.05) is 0 Å². The Balaban J connectivity index is 1.84. The number of rotatable bonds is 3. The molecule has 3 rings (SSSR count). The van der Waals surface area contributed by atoms with Gasteiger partial charge in [-0.1, -0.05) is 36.8 Å². The maximum Gasteiger partial charge on any atom is 0.573 e. The molecule has 1 aliphatic rings. The molecule has 0 atom stereocenters. The molecule has 2 aromatic rings. The molecule has 1 nitrogen and oxygen atoms in total. The van der Waals surface area contributed by atoms with Crippen LogP contribution in [0.5, 0.6) is 5.75 Å². The number of halogens is 5. The highest BCUT2D eigenvalue weighted by Gasteiger charge is 2.30. The van der Waals surface area contributed by atoms with Crippen LogP contribution in [-0.4, -0.2) is 6.36 Å². The van der Waals surface area contributed by atoms with Crippen molar-refractivity contribution in [1.82, 2.24) is 0 Å². The third kappa shape index (κ3) is 4.72. The fraction of sp³-hybridized carbons (Fsp3) is 0.273. The van der Waals surface area contributed by atoms with Crippen molar-refractivity contribution in [1.29, 1.82) is 0 Å². The van der Waals surface area contributed by atoms with Gasteiger partial charge >= 0.3 is 6.36 Å². The molecule has 0 fully saturated rings. The van der Waals surface area contributed by atoms with Gasteiger partial charge in [-0.3, -0.25) is 0 Å². The molecule has 0 saturated carbocycles. The minimum Gasteiger partial charge on any atom is -0.406 e. The van der Waals surface area contributed by atoms with Crippen LogP contribution in [-0.2, 0) is 12.8 Å². The Morgan fingerprint density at radius 1 is 1.07 bits per heavy atom. The second-order valence-electron chi connectivity index (χ2n) is 6.50. The van der Waals surface area contributed by atoms with Gasteiger partial charge in [0, 0.05) is 5.56 Å². The van der Waals surface area contributed by atoms with E-state index in [0.29, 0.717) is 29.5 Å². The van der Waals surface area contributed by atoms with Crippen molar-refractivity contribution >= 4 is 0 Å². The lowest BCUT2D eigenvalue weighted by molar-refractivity contribution is -0.274. The minimum absolute atomic E-state index is 0.316. The summed E-state index contributed by atoms with van der Waals surface area (Å²) in [5.74, 6) is 3.25. The molecule has 146 valence electrons. The first kappa shape index (κ1) is 19.9. The van der Waals surface area contributed by atoms with E-state index in [2.05, 4.69) is 23.5 Å². The Labute approximate surface area is 159 Å². The summed E-state index contributed by atoms with van der Waals surface area (Å²) in [6, 6.07) is 6.10. The molecule has 0 N–H and O–H groups in total. The summed E-state index contributed by atoms with van der Waals surface area (Å²) in [4.78, 5) is 0. The van der Waals surface area contributed by atoms with Crippen LogP contribution >= 0.6 is 0 Å². The average molecular weight is 392 g/mol. The van der Waals surface area contributed by atoms with Crippen molar-refractivity contribution in [3.63, 3.8) is 0 Å². The van der Waals surface area contributed by atoms with Crippen LogP contribution in [0.3, 0.4) is 0 Å². The summed E-state index contributed by atoms with van der Waals surface area (Å²) in [5.41, 5.74) is 2.24. The molecule has 2 aromatic carbocycles. The lowest BCUT2D eigenvalue weighted by Crippen LogP contribution is -2.16. The maximum absolute atomic E-state index is 14.8. The number of fused-ring (bicyclic) bond motifs is 1. The third-order valence-corrected chi connectivity index (χ3v) is 4.42. The van der Waals surface area contributed by atoms with E-state index in [0.717, 1.165) is 25.0 Å². The zero-order valence-corrected chi connectivity index (χ0v) is 15.1. The highest BCUT2D eigenvalue weighted by Crippen LogP contribution is 2.29. The largest absolute Gasteiger partial charge is 0.573 e. The molecule has 6 heteroatoms. The molecule has 0 saturated heterocycles. The van der Waals surface area contributed by atoms with Gasteiger partial charge in [-0.05, 0) is 60.7 Å². The lowest BCUT2D eigenvalue weighted by Gasteiger charge is -2.18. The van der Waals surface area contributed by atoms with E-state index in [1.54, 1.807) is 0 Å². The van der Waals surface area contributed by atoms with Gasteiger partial charge in [0.05, 0.1) is 5.56 Å². The quantitative estimate of drug-likeness (QED) is 0.349. The zero-order valence-electron chi connectivity index (χ0n) is 15.1. The average Bonchev–Trinajstić information content (AvgIpc) is 2.61. The van der Waals surface area contributed by atoms with Crippen molar-refractivity contribution in [2.24, 2.45) is 0 Å². The molecule has 0 amide bonds. The Morgan fingerprint density at radius 2 is 1.79 bits per heavy atom. The third-order valence-electron chi connectivity index (χ3n) is 4.42. The number of benzene rings is 2. The molecule has 28 heavy (non-hydrogen) atoms. The van der Waals surface area contributed by atoms with Crippen molar-refractivity contribution in [2.45, 2.75) is 39.0 Å². The molecule has 0 heterocycles. The molecule has 0 aliphatic heterocycles. The van der Waals surface area contributed by atoms with E-state index in [9.17, 15) is 22.0 Å². The van der Waals surface area contributed by atoms with E-state index >= 15 is 0 Å². The normalized spacial score (nSPS) is 13.3. The van der Waals surface area contributed by atoms with Gasteiger partial charge in [-0.25, -0.2) is 8.78 Å². The first-order valence-electron chi connectivity index (χ1n) is 8.82. The number of hydrogen-bond acceptors (Lipinski definition) is 1. The summed E-state index contributed by atoms with van der Waals surface area (Å²) >= 11 is 0. The van der Waals surface area contributed by atoms with E-state index in [1.165, 1.54) is 23.8 Å². The summed E-state index contributed by atoms with van der Waals surface area (Å²) in [7, 11) is 0. The minimum atomic E-state index is -4.78. The SMILES string of the molecule is CCCC1=CCc2c(cc(F)c(C#Cc3ccc(OC(F)(F)F)cc3)c2F)C1. The Kier molecular flexibility index (Phi) is 5.73. The molecular weight excluding hydrogens is 375 g/mol. The van der Waals surface area contributed by atoms with Gasteiger partial charge in [-0.2, -0.15) is 0 Å². The molecule has 1 aliphatic carbocycles.